The first-order valence-corrected chi connectivity index (χ1v) is 10.8. The first kappa shape index (κ1) is 20.8. The van der Waals surface area contributed by atoms with Gasteiger partial charge in [0, 0.05) is 5.56 Å². The Morgan fingerprint density at radius 2 is 1.42 bits per heavy atom. The monoisotopic (exact) mass is 429 g/mol. The molecule has 0 spiro atoms. The van der Waals surface area contributed by atoms with Crippen molar-refractivity contribution in [1.82, 2.24) is 15.5 Å². The maximum atomic E-state index is 13.1. The highest BCUT2D eigenvalue weighted by molar-refractivity contribution is 7.99. The van der Waals surface area contributed by atoms with Crippen LogP contribution in [0.4, 0.5) is 4.39 Å². The van der Waals surface area contributed by atoms with Crippen LogP contribution < -0.4 is 5.32 Å². The van der Waals surface area contributed by atoms with Crippen LogP contribution in [0.5, 0.6) is 0 Å². The molecule has 1 amide bonds. The molecule has 31 heavy (non-hydrogen) atoms. The fourth-order valence-corrected chi connectivity index (χ4v) is 3.79. The topological polar surface area (TPSA) is 54.9 Å². The lowest BCUT2D eigenvalue weighted by molar-refractivity contribution is -0.119. The SMILES string of the molecule is O=C(CSc1ccc(-c2ccc(F)cc2)nn1)NC(c1ccccc1)c1ccccc1. The van der Waals surface area contributed by atoms with Crippen molar-refractivity contribution in [2.45, 2.75) is 11.1 Å². The number of carbonyl (C=O) groups excluding carboxylic acids is 1. The maximum absolute atomic E-state index is 13.1. The number of nitrogens with zero attached hydrogens (tertiary/aromatic N) is 2. The minimum absolute atomic E-state index is 0.0906. The summed E-state index contributed by atoms with van der Waals surface area (Å²) in [6, 6.07) is 29.3. The molecule has 0 fully saturated rings. The molecule has 0 aliphatic heterocycles. The van der Waals surface area contributed by atoms with E-state index >= 15 is 0 Å². The van der Waals surface area contributed by atoms with Crippen molar-refractivity contribution in [3.8, 4) is 11.3 Å². The molecule has 4 rings (SSSR count). The van der Waals surface area contributed by atoms with E-state index in [1.807, 2.05) is 72.8 Å². The Kier molecular flexibility index (Phi) is 6.69. The minimum Gasteiger partial charge on any atom is -0.344 e. The summed E-state index contributed by atoms with van der Waals surface area (Å²) in [5.41, 5.74) is 3.49. The Labute approximate surface area is 184 Å². The van der Waals surface area contributed by atoms with Crippen LogP contribution in [-0.4, -0.2) is 21.9 Å². The molecule has 1 N–H and O–H groups in total. The zero-order valence-corrected chi connectivity index (χ0v) is 17.4. The average Bonchev–Trinajstić information content (AvgIpc) is 2.83. The smallest absolute Gasteiger partial charge is 0.231 e. The van der Waals surface area contributed by atoms with Gasteiger partial charge in [0.05, 0.1) is 17.5 Å². The van der Waals surface area contributed by atoms with Gasteiger partial charge in [-0.1, -0.05) is 72.4 Å². The molecular weight excluding hydrogens is 409 g/mol. The molecule has 0 radical (unpaired) electrons. The zero-order chi connectivity index (χ0) is 21.5. The summed E-state index contributed by atoms with van der Waals surface area (Å²) in [5.74, 6) is -0.160. The summed E-state index contributed by atoms with van der Waals surface area (Å²) in [4.78, 5) is 12.7. The van der Waals surface area contributed by atoms with Crippen LogP contribution in [-0.2, 0) is 4.79 Å². The number of hydrogen-bond donors (Lipinski definition) is 1. The highest BCUT2D eigenvalue weighted by atomic mass is 32.2. The lowest BCUT2D eigenvalue weighted by atomic mass is 9.99. The van der Waals surface area contributed by atoms with Crippen molar-refractivity contribution < 1.29 is 9.18 Å². The van der Waals surface area contributed by atoms with Crippen LogP contribution in [0.3, 0.4) is 0 Å². The van der Waals surface area contributed by atoms with Crippen molar-refractivity contribution in [2.24, 2.45) is 0 Å². The fourth-order valence-electron chi connectivity index (χ4n) is 3.16. The number of benzene rings is 3. The minimum atomic E-state index is -0.292. The largest absolute Gasteiger partial charge is 0.344 e. The lowest BCUT2D eigenvalue weighted by Gasteiger charge is -2.19. The van der Waals surface area contributed by atoms with Crippen molar-refractivity contribution in [2.75, 3.05) is 5.75 Å². The molecule has 3 aromatic carbocycles. The van der Waals surface area contributed by atoms with E-state index in [-0.39, 0.29) is 23.5 Å². The van der Waals surface area contributed by atoms with Gasteiger partial charge in [-0.25, -0.2) is 4.39 Å². The number of aromatic nitrogens is 2. The quantitative estimate of drug-likeness (QED) is 0.406. The molecule has 1 heterocycles. The molecular formula is C25H20FN3OS. The van der Waals surface area contributed by atoms with Crippen LogP contribution in [0.1, 0.15) is 17.2 Å². The summed E-state index contributed by atoms with van der Waals surface area (Å²) in [6.45, 7) is 0. The lowest BCUT2D eigenvalue weighted by Crippen LogP contribution is -2.30. The van der Waals surface area contributed by atoms with Crippen molar-refractivity contribution in [3.63, 3.8) is 0 Å². The summed E-state index contributed by atoms with van der Waals surface area (Å²) in [5, 5.41) is 12.1. The van der Waals surface area contributed by atoms with Gasteiger partial charge >= 0.3 is 0 Å². The van der Waals surface area contributed by atoms with Crippen LogP contribution in [0.15, 0.2) is 102 Å². The standard InChI is InChI=1S/C25H20FN3OS/c26-21-13-11-18(12-14-21)22-15-16-24(29-28-22)31-17-23(30)27-25(19-7-3-1-4-8-19)20-9-5-2-6-10-20/h1-16,25H,17H2,(H,27,30). The van der Waals surface area contributed by atoms with Gasteiger partial charge in [0.15, 0.2) is 0 Å². The Morgan fingerprint density at radius 3 is 1.97 bits per heavy atom. The summed E-state index contributed by atoms with van der Waals surface area (Å²) in [7, 11) is 0. The van der Waals surface area contributed by atoms with Gasteiger partial charge < -0.3 is 5.32 Å². The Balaban J connectivity index is 1.40. The number of carbonyl (C=O) groups is 1. The Hall–Kier alpha value is -3.51. The molecule has 0 aliphatic carbocycles. The van der Waals surface area contributed by atoms with Gasteiger partial charge in [-0.15, -0.1) is 10.2 Å². The van der Waals surface area contributed by atoms with Gasteiger partial charge in [-0.05, 0) is 47.5 Å². The second kappa shape index (κ2) is 10.00. The first-order chi connectivity index (χ1) is 15.2. The van der Waals surface area contributed by atoms with Gasteiger partial charge in [0.1, 0.15) is 10.8 Å². The number of amides is 1. The van der Waals surface area contributed by atoms with E-state index in [0.717, 1.165) is 16.7 Å². The molecule has 0 atom stereocenters. The number of halogens is 1. The van der Waals surface area contributed by atoms with Gasteiger partial charge in [-0.3, -0.25) is 4.79 Å². The Morgan fingerprint density at radius 1 is 0.806 bits per heavy atom. The normalized spacial score (nSPS) is 10.8. The van der Waals surface area contributed by atoms with Crippen LogP contribution in [0, 0.1) is 5.82 Å². The third kappa shape index (κ3) is 5.55. The molecule has 4 aromatic rings. The predicted molar refractivity (Wildman–Crippen MR) is 121 cm³/mol. The highest BCUT2D eigenvalue weighted by Gasteiger charge is 2.17. The summed E-state index contributed by atoms with van der Waals surface area (Å²) >= 11 is 1.32. The van der Waals surface area contributed by atoms with Gasteiger partial charge in [0.2, 0.25) is 5.91 Å². The summed E-state index contributed by atoms with van der Waals surface area (Å²) in [6.07, 6.45) is 0. The van der Waals surface area contributed by atoms with E-state index in [4.69, 9.17) is 0 Å². The second-order valence-corrected chi connectivity index (χ2v) is 7.87. The van der Waals surface area contributed by atoms with E-state index in [1.165, 1.54) is 23.9 Å². The number of rotatable bonds is 7. The number of nitrogens with one attached hydrogen (secondary N) is 1. The number of hydrogen-bond acceptors (Lipinski definition) is 4. The number of thioether (sulfide) groups is 1. The molecule has 0 unspecified atom stereocenters. The van der Waals surface area contributed by atoms with Crippen molar-refractivity contribution in [3.05, 3.63) is 114 Å². The first-order valence-electron chi connectivity index (χ1n) is 9.81. The summed E-state index contributed by atoms with van der Waals surface area (Å²) < 4.78 is 13.1. The van der Waals surface area contributed by atoms with Gasteiger partial charge in [0.25, 0.3) is 0 Å². The van der Waals surface area contributed by atoms with Crippen molar-refractivity contribution in [1.29, 1.82) is 0 Å². The average molecular weight is 430 g/mol. The maximum Gasteiger partial charge on any atom is 0.231 e. The van der Waals surface area contributed by atoms with Crippen LogP contribution in [0.25, 0.3) is 11.3 Å². The molecule has 6 heteroatoms. The van der Waals surface area contributed by atoms with E-state index < -0.39 is 0 Å². The molecule has 0 saturated carbocycles. The molecule has 0 saturated heterocycles. The van der Waals surface area contributed by atoms with E-state index in [1.54, 1.807) is 12.1 Å². The molecule has 1 aromatic heterocycles. The van der Waals surface area contributed by atoms with Crippen molar-refractivity contribution >= 4 is 17.7 Å². The van der Waals surface area contributed by atoms with E-state index in [0.29, 0.717) is 10.7 Å². The van der Waals surface area contributed by atoms with E-state index in [2.05, 4.69) is 15.5 Å². The zero-order valence-electron chi connectivity index (χ0n) is 16.6. The van der Waals surface area contributed by atoms with Gasteiger partial charge in [-0.2, -0.15) is 0 Å². The van der Waals surface area contributed by atoms with E-state index in [9.17, 15) is 9.18 Å². The third-order valence-corrected chi connectivity index (χ3v) is 5.62. The van der Waals surface area contributed by atoms with Crippen LogP contribution >= 0.6 is 11.8 Å². The highest BCUT2D eigenvalue weighted by Crippen LogP contribution is 2.23. The molecule has 0 aliphatic rings. The predicted octanol–water partition coefficient (Wildman–Crippen LogP) is 5.28. The van der Waals surface area contributed by atoms with Crippen LogP contribution in [0.2, 0.25) is 0 Å². The molecule has 0 bridgehead atoms. The fraction of sp³-hybridized carbons (Fsp3) is 0.0800. The molecule has 4 nitrogen and oxygen atoms in total. The Bertz CT molecular complexity index is 1080. The third-order valence-electron chi connectivity index (χ3n) is 4.70. The molecule has 154 valence electrons. The second-order valence-electron chi connectivity index (χ2n) is 6.87.